The summed E-state index contributed by atoms with van der Waals surface area (Å²) in [4.78, 5) is 13.9. The largest absolute Gasteiger partial charge is 0.395 e. The van der Waals surface area contributed by atoms with Crippen LogP contribution in [0.3, 0.4) is 0 Å². The van der Waals surface area contributed by atoms with E-state index in [0.29, 0.717) is 13.1 Å². The molecule has 0 aromatic heterocycles. The fraction of sp³-hybridized carbons (Fsp3) is 0.875. The highest BCUT2D eigenvalue weighted by Gasteiger charge is 2.01. The molecule has 0 saturated carbocycles. The maximum absolute atomic E-state index is 11.7. The lowest BCUT2D eigenvalue weighted by atomic mass is 10.0. The number of carbonyl (C=O) groups is 1. The van der Waals surface area contributed by atoms with Gasteiger partial charge in [0.1, 0.15) is 0 Å². The van der Waals surface area contributed by atoms with E-state index < -0.39 is 0 Å². The summed E-state index contributed by atoms with van der Waals surface area (Å²) in [7, 11) is 0. The topological polar surface area (TPSA) is 52.6 Å². The molecule has 0 saturated heterocycles. The second-order valence-electron chi connectivity index (χ2n) is 7.88. The molecule has 4 heteroatoms. The molecule has 0 aromatic carbocycles. The number of hydrogen-bond donors (Lipinski definition) is 2. The van der Waals surface area contributed by atoms with Gasteiger partial charge >= 0.3 is 0 Å². The smallest absolute Gasteiger partial charge is 0.243 e. The van der Waals surface area contributed by atoms with Crippen molar-refractivity contribution in [1.82, 2.24) is 10.2 Å². The number of amides is 1. The molecule has 4 nitrogen and oxygen atoms in total. The van der Waals surface area contributed by atoms with Crippen LogP contribution in [0.25, 0.3) is 0 Å². The summed E-state index contributed by atoms with van der Waals surface area (Å²) in [5, 5.41) is 11.8. The SMILES string of the molecule is CCCCCCCCCCCCCCC/C=C/C(=O)NCCN(CC)CCO. The Labute approximate surface area is 175 Å². The van der Waals surface area contributed by atoms with Gasteiger partial charge in [0.05, 0.1) is 6.61 Å². The third-order valence-corrected chi connectivity index (χ3v) is 5.33. The summed E-state index contributed by atoms with van der Waals surface area (Å²) in [6.45, 7) is 7.49. The van der Waals surface area contributed by atoms with Crippen LogP contribution in [-0.2, 0) is 4.79 Å². The lowest BCUT2D eigenvalue weighted by molar-refractivity contribution is -0.116. The van der Waals surface area contributed by atoms with Crippen molar-refractivity contribution in [2.24, 2.45) is 0 Å². The summed E-state index contributed by atoms with van der Waals surface area (Å²) in [5.74, 6) is -0.00487. The van der Waals surface area contributed by atoms with Crippen molar-refractivity contribution in [2.45, 2.75) is 104 Å². The van der Waals surface area contributed by atoms with Crippen LogP contribution < -0.4 is 5.32 Å². The van der Waals surface area contributed by atoms with E-state index in [0.717, 1.165) is 19.5 Å². The van der Waals surface area contributed by atoms with Crippen molar-refractivity contribution in [3.8, 4) is 0 Å². The molecule has 0 rings (SSSR count). The Morgan fingerprint density at radius 1 is 0.821 bits per heavy atom. The third kappa shape index (κ3) is 19.9. The number of aliphatic hydroxyl groups excluding tert-OH is 1. The van der Waals surface area contributed by atoms with Gasteiger partial charge in [-0.15, -0.1) is 0 Å². The van der Waals surface area contributed by atoms with Crippen LogP contribution in [-0.4, -0.2) is 48.7 Å². The Balaban J connectivity index is 3.33. The second kappa shape index (κ2) is 22.4. The van der Waals surface area contributed by atoms with Crippen LogP contribution in [0.1, 0.15) is 104 Å². The minimum atomic E-state index is -0.00487. The molecule has 28 heavy (non-hydrogen) atoms. The Hall–Kier alpha value is -0.870. The number of nitrogens with zero attached hydrogens (tertiary/aromatic N) is 1. The van der Waals surface area contributed by atoms with E-state index in [4.69, 9.17) is 5.11 Å². The molecule has 0 unspecified atom stereocenters. The molecule has 1 amide bonds. The van der Waals surface area contributed by atoms with Crippen molar-refractivity contribution >= 4 is 5.91 Å². The van der Waals surface area contributed by atoms with Crippen LogP contribution in [0.15, 0.2) is 12.2 Å². The third-order valence-electron chi connectivity index (χ3n) is 5.33. The maximum atomic E-state index is 11.7. The van der Waals surface area contributed by atoms with Crippen LogP contribution in [0, 0.1) is 0 Å². The van der Waals surface area contributed by atoms with Gasteiger partial charge in [0.15, 0.2) is 0 Å². The van der Waals surface area contributed by atoms with Gasteiger partial charge in [-0.1, -0.05) is 97.0 Å². The van der Waals surface area contributed by atoms with E-state index in [1.54, 1.807) is 6.08 Å². The number of rotatable bonds is 21. The number of nitrogens with one attached hydrogen (secondary N) is 1. The van der Waals surface area contributed by atoms with Crippen LogP contribution >= 0.6 is 0 Å². The van der Waals surface area contributed by atoms with Crippen LogP contribution in [0.2, 0.25) is 0 Å². The fourth-order valence-electron chi connectivity index (χ4n) is 3.44. The molecule has 0 spiro atoms. The number of hydrogen-bond acceptors (Lipinski definition) is 3. The summed E-state index contributed by atoms with van der Waals surface area (Å²) in [6.07, 6.45) is 22.5. The molecule has 0 fully saturated rings. The number of carbonyl (C=O) groups excluding carboxylic acids is 1. The molecule has 0 aromatic rings. The first-order valence-electron chi connectivity index (χ1n) is 12.0. The molecule has 0 aliphatic carbocycles. The van der Waals surface area contributed by atoms with Crippen molar-refractivity contribution < 1.29 is 9.90 Å². The monoisotopic (exact) mass is 396 g/mol. The summed E-state index contributed by atoms with van der Waals surface area (Å²) in [5.41, 5.74) is 0. The molecule has 2 N–H and O–H groups in total. The highest BCUT2D eigenvalue weighted by molar-refractivity contribution is 5.87. The van der Waals surface area contributed by atoms with Crippen molar-refractivity contribution in [3.63, 3.8) is 0 Å². The van der Waals surface area contributed by atoms with Gasteiger partial charge in [-0.25, -0.2) is 0 Å². The lowest BCUT2D eigenvalue weighted by Crippen LogP contribution is -2.35. The molecular formula is C24H48N2O2. The number of aliphatic hydroxyl groups is 1. The number of likely N-dealkylation sites (N-methyl/N-ethyl adjacent to an activating group) is 1. The highest BCUT2D eigenvalue weighted by Crippen LogP contribution is 2.12. The van der Waals surface area contributed by atoms with E-state index >= 15 is 0 Å². The van der Waals surface area contributed by atoms with E-state index in [-0.39, 0.29) is 12.5 Å². The average molecular weight is 397 g/mol. The molecule has 0 aliphatic heterocycles. The van der Waals surface area contributed by atoms with Crippen molar-refractivity contribution in [1.29, 1.82) is 0 Å². The average Bonchev–Trinajstić information content (AvgIpc) is 2.70. The normalized spacial score (nSPS) is 11.6. The predicted molar refractivity (Wildman–Crippen MR) is 122 cm³/mol. The predicted octanol–water partition coefficient (Wildman–Crippen LogP) is 5.45. The first kappa shape index (κ1) is 27.1. The minimum absolute atomic E-state index is 0.00487. The second-order valence-corrected chi connectivity index (χ2v) is 7.88. The molecular weight excluding hydrogens is 348 g/mol. The van der Waals surface area contributed by atoms with Crippen LogP contribution in [0.4, 0.5) is 0 Å². The first-order valence-corrected chi connectivity index (χ1v) is 12.0. The lowest BCUT2D eigenvalue weighted by Gasteiger charge is -2.18. The van der Waals surface area contributed by atoms with E-state index in [1.165, 1.54) is 83.5 Å². The molecule has 0 heterocycles. The fourth-order valence-corrected chi connectivity index (χ4v) is 3.44. The van der Waals surface area contributed by atoms with Crippen molar-refractivity contribution in [2.75, 3.05) is 32.8 Å². The zero-order valence-corrected chi connectivity index (χ0v) is 18.9. The van der Waals surface area contributed by atoms with Gasteiger partial charge in [0.2, 0.25) is 5.91 Å². The summed E-state index contributed by atoms with van der Waals surface area (Å²) >= 11 is 0. The number of allylic oxidation sites excluding steroid dienone is 1. The Bertz CT molecular complexity index is 359. The van der Waals surface area contributed by atoms with E-state index in [1.807, 2.05) is 6.08 Å². The van der Waals surface area contributed by atoms with E-state index in [9.17, 15) is 4.79 Å². The zero-order valence-electron chi connectivity index (χ0n) is 18.9. The zero-order chi connectivity index (χ0) is 20.7. The standard InChI is InChI=1S/C24H48N2O2/c1-3-5-6-7-8-9-10-11-12-13-14-15-16-17-18-19-24(28)25-20-21-26(4-2)22-23-27/h18-19,27H,3-17,20-23H2,1-2H3,(H,25,28)/b19-18+. The summed E-state index contributed by atoms with van der Waals surface area (Å²) < 4.78 is 0. The molecule has 166 valence electrons. The Morgan fingerprint density at radius 2 is 1.36 bits per heavy atom. The van der Waals surface area contributed by atoms with Gasteiger partial charge in [-0.3, -0.25) is 9.69 Å². The first-order chi connectivity index (χ1) is 13.7. The molecule has 0 bridgehead atoms. The maximum Gasteiger partial charge on any atom is 0.243 e. The van der Waals surface area contributed by atoms with E-state index in [2.05, 4.69) is 24.1 Å². The van der Waals surface area contributed by atoms with Gasteiger partial charge in [0.25, 0.3) is 0 Å². The van der Waals surface area contributed by atoms with Crippen LogP contribution in [0.5, 0.6) is 0 Å². The van der Waals surface area contributed by atoms with Gasteiger partial charge < -0.3 is 10.4 Å². The van der Waals surface area contributed by atoms with Gasteiger partial charge in [-0.05, 0) is 25.5 Å². The molecule has 0 radical (unpaired) electrons. The summed E-state index contributed by atoms with van der Waals surface area (Å²) in [6, 6.07) is 0. The minimum Gasteiger partial charge on any atom is -0.395 e. The number of unbranched alkanes of at least 4 members (excludes halogenated alkanes) is 13. The van der Waals surface area contributed by atoms with Crippen molar-refractivity contribution in [3.05, 3.63) is 12.2 Å². The van der Waals surface area contributed by atoms with Gasteiger partial charge in [0, 0.05) is 19.6 Å². The van der Waals surface area contributed by atoms with Gasteiger partial charge in [-0.2, -0.15) is 0 Å². The molecule has 0 atom stereocenters. The molecule has 0 aliphatic rings. The Morgan fingerprint density at radius 3 is 1.86 bits per heavy atom. The quantitative estimate of drug-likeness (QED) is 0.200. The highest BCUT2D eigenvalue weighted by atomic mass is 16.3. The Kier molecular flexibility index (Phi) is 21.7.